The number of phenols is 1. The zero-order valence-electron chi connectivity index (χ0n) is 24.2. The average molecular weight is 553 g/mol. The minimum Gasteiger partial charge on any atom is -0.507 e. The second-order valence-corrected chi connectivity index (χ2v) is 14.6. The lowest BCUT2D eigenvalue weighted by Crippen LogP contribution is -2.64. The van der Waals surface area contributed by atoms with E-state index in [0.717, 1.165) is 87.9 Å². The van der Waals surface area contributed by atoms with Gasteiger partial charge >= 0.3 is 0 Å². The van der Waals surface area contributed by atoms with E-state index >= 15 is 0 Å². The van der Waals surface area contributed by atoms with Crippen molar-refractivity contribution in [3.05, 3.63) is 28.8 Å². The summed E-state index contributed by atoms with van der Waals surface area (Å²) in [6, 6.07) is 4.61. The van der Waals surface area contributed by atoms with E-state index in [1.54, 1.807) is 0 Å². The molecular weight excluding hydrogens is 504 g/mol. The number of benzene rings is 1. The number of piperidine rings is 1. The second kappa shape index (κ2) is 10.5. The molecule has 4 bridgehead atoms. The second-order valence-electron chi connectivity index (χ2n) is 14.6. The molecule has 0 atom stereocenters. The molecule has 8 aliphatic rings. The van der Waals surface area contributed by atoms with Crippen LogP contribution in [0, 0.1) is 23.7 Å². The first-order chi connectivity index (χ1) is 19.6. The minimum absolute atomic E-state index is 0.404. The van der Waals surface area contributed by atoms with Crippen LogP contribution in [0.5, 0.6) is 5.75 Å². The van der Waals surface area contributed by atoms with Crippen LogP contribution in [-0.4, -0.2) is 52.7 Å². The highest BCUT2D eigenvalue weighted by molar-refractivity contribution is 5.45. The Labute approximate surface area is 239 Å². The fourth-order valence-electron chi connectivity index (χ4n) is 9.78. The van der Waals surface area contributed by atoms with Gasteiger partial charge in [-0.25, -0.2) is 0 Å². The molecule has 0 radical (unpaired) electrons. The first-order valence-electron chi connectivity index (χ1n) is 16.6. The van der Waals surface area contributed by atoms with Crippen molar-refractivity contribution in [2.75, 3.05) is 26.2 Å². The Balaban J connectivity index is 0.964. The van der Waals surface area contributed by atoms with Gasteiger partial charge in [0.25, 0.3) is 0 Å². The Hall–Kier alpha value is -1.22. The van der Waals surface area contributed by atoms with Crippen molar-refractivity contribution in [3.8, 4) is 5.75 Å². The van der Waals surface area contributed by atoms with E-state index in [-0.39, 0.29) is 0 Å². The lowest BCUT2D eigenvalue weighted by atomic mass is 9.53. The van der Waals surface area contributed by atoms with Crippen molar-refractivity contribution in [2.24, 2.45) is 23.7 Å². The summed E-state index contributed by atoms with van der Waals surface area (Å²) < 4.78 is 0. The fourth-order valence-corrected chi connectivity index (χ4v) is 9.78. The number of likely N-dealkylation sites (tertiary alicyclic amines) is 2. The Kier molecular flexibility index (Phi) is 6.93. The molecule has 220 valence electrons. The van der Waals surface area contributed by atoms with Crippen molar-refractivity contribution in [1.29, 1.82) is 0 Å². The van der Waals surface area contributed by atoms with Crippen molar-refractivity contribution in [2.45, 2.75) is 120 Å². The molecule has 0 aromatic heterocycles. The summed E-state index contributed by atoms with van der Waals surface area (Å²) in [7, 11) is 0. The van der Waals surface area contributed by atoms with Gasteiger partial charge < -0.3 is 5.11 Å². The minimum atomic E-state index is -0.789. The molecular formula is C33H48N2O5. The van der Waals surface area contributed by atoms with Gasteiger partial charge in [-0.15, -0.1) is 0 Å². The van der Waals surface area contributed by atoms with E-state index in [1.807, 2.05) is 0 Å². The van der Waals surface area contributed by atoms with Crippen LogP contribution in [0.4, 0.5) is 0 Å². The van der Waals surface area contributed by atoms with Crippen LogP contribution in [0.1, 0.15) is 112 Å². The van der Waals surface area contributed by atoms with E-state index in [4.69, 9.17) is 19.6 Å². The first-order valence-corrected chi connectivity index (χ1v) is 16.6. The van der Waals surface area contributed by atoms with Gasteiger partial charge in [-0.3, -0.25) is 9.80 Å². The topological polar surface area (TPSA) is 63.6 Å². The number of aromatic hydroxyl groups is 1. The zero-order chi connectivity index (χ0) is 26.7. The summed E-state index contributed by atoms with van der Waals surface area (Å²) in [5.74, 6) is 1.97. The maximum atomic E-state index is 11.4. The van der Waals surface area contributed by atoms with E-state index in [9.17, 15) is 5.11 Å². The first kappa shape index (κ1) is 26.4. The monoisotopic (exact) mass is 552 g/mol. The lowest BCUT2D eigenvalue weighted by molar-refractivity contribution is -0.680. The van der Waals surface area contributed by atoms with Crippen LogP contribution >= 0.6 is 0 Å². The highest BCUT2D eigenvalue weighted by Crippen LogP contribution is 2.62. The van der Waals surface area contributed by atoms with Gasteiger partial charge in [0.1, 0.15) is 5.75 Å². The predicted molar refractivity (Wildman–Crippen MR) is 150 cm³/mol. The predicted octanol–water partition coefficient (Wildman–Crippen LogP) is 6.39. The molecule has 7 nitrogen and oxygen atoms in total. The van der Waals surface area contributed by atoms with Gasteiger partial charge in [-0.1, -0.05) is 18.6 Å². The normalized spacial score (nSPS) is 41.9. The SMILES string of the molecule is Oc1c(CN2CCCCC2)cc(C2CCC3(CC2)OOC2(OO3)C3CC4CC(C3)CC2C4)cc1CN1CCCC1. The third-order valence-electron chi connectivity index (χ3n) is 11.9. The summed E-state index contributed by atoms with van der Waals surface area (Å²) in [6.07, 6.45) is 16.0. The molecule has 5 aliphatic carbocycles. The molecule has 8 fully saturated rings. The van der Waals surface area contributed by atoms with E-state index in [1.165, 1.54) is 69.8 Å². The molecule has 3 heterocycles. The molecule has 3 aliphatic heterocycles. The smallest absolute Gasteiger partial charge is 0.239 e. The van der Waals surface area contributed by atoms with Crippen molar-refractivity contribution in [1.82, 2.24) is 9.80 Å². The standard InChI is InChI=1S/C33H48N2O5/c36-31-27(21-34-10-2-1-3-11-34)19-26(20-28(31)22-35-12-4-5-13-35)25-6-8-32(9-7-25)37-39-33(40-38-32)29-15-23-14-24(17-29)18-30(33)16-23/h19-20,23-25,29-30,36H,1-18,21-22H2. The fraction of sp³-hybridized carbons (Fsp3) is 0.818. The largest absolute Gasteiger partial charge is 0.507 e. The van der Waals surface area contributed by atoms with Crippen LogP contribution in [0.15, 0.2) is 12.1 Å². The van der Waals surface area contributed by atoms with E-state index in [0.29, 0.717) is 23.5 Å². The van der Waals surface area contributed by atoms with Gasteiger partial charge in [0.05, 0.1) is 0 Å². The zero-order valence-corrected chi connectivity index (χ0v) is 24.2. The van der Waals surface area contributed by atoms with Crippen LogP contribution < -0.4 is 0 Å². The number of nitrogens with zero attached hydrogens (tertiary/aromatic N) is 2. The average Bonchev–Trinajstić information content (AvgIpc) is 3.49. The maximum Gasteiger partial charge on any atom is 0.239 e. The Morgan fingerprint density at radius 1 is 0.675 bits per heavy atom. The van der Waals surface area contributed by atoms with Crippen molar-refractivity contribution < 1.29 is 24.7 Å². The molecule has 2 spiro atoms. The Morgan fingerprint density at radius 3 is 1.70 bits per heavy atom. The summed E-state index contributed by atoms with van der Waals surface area (Å²) in [5, 5.41) is 11.4. The number of rotatable bonds is 5. The Morgan fingerprint density at radius 2 is 1.18 bits per heavy atom. The molecule has 1 aromatic carbocycles. The summed E-state index contributed by atoms with van der Waals surface area (Å²) in [5.41, 5.74) is 3.57. The van der Waals surface area contributed by atoms with E-state index in [2.05, 4.69) is 21.9 Å². The molecule has 3 saturated heterocycles. The lowest BCUT2D eigenvalue weighted by Gasteiger charge is -2.60. The summed E-state index contributed by atoms with van der Waals surface area (Å²) in [4.78, 5) is 30.1. The molecule has 1 N–H and O–H groups in total. The Bertz CT molecular complexity index is 1030. The van der Waals surface area contributed by atoms with Gasteiger partial charge in [-0.2, -0.15) is 19.6 Å². The van der Waals surface area contributed by atoms with Crippen molar-refractivity contribution >= 4 is 0 Å². The number of hydrogen-bond acceptors (Lipinski definition) is 7. The van der Waals surface area contributed by atoms with Crippen molar-refractivity contribution in [3.63, 3.8) is 0 Å². The van der Waals surface area contributed by atoms with E-state index < -0.39 is 11.6 Å². The number of hydrogen-bond donors (Lipinski definition) is 1. The molecule has 0 unspecified atom stereocenters. The molecule has 40 heavy (non-hydrogen) atoms. The van der Waals surface area contributed by atoms with Gasteiger partial charge in [-0.05, 0) is 120 Å². The highest BCUT2D eigenvalue weighted by atomic mass is 17.4. The molecule has 5 saturated carbocycles. The van der Waals surface area contributed by atoms with Gasteiger partial charge in [0, 0.05) is 48.9 Å². The molecule has 1 aromatic rings. The van der Waals surface area contributed by atoms with Crippen LogP contribution in [0.2, 0.25) is 0 Å². The number of phenolic OH excluding ortho intramolecular Hbond substituents is 1. The third-order valence-corrected chi connectivity index (χ3v) is 11.9. The quantitative estimate of drug-likeness (QED) is 0.425. The maximum absolute atomic E-state index is 11.4. The summed E-state index contributed by atoms with van der Waals surface area (Å²) >= 11 is 0. The third kappa shape index (κ3) is 4.73. The molecule has 7 heteroatoms. The van der Waals surface area contributed by atoms with Crippen LogP contribution in [0.25, 0.3) is 0 Å². The van der Waals surface area contributed by atoms with Crippen LogP contribution in [-0.2, 0) is 32.6 Å². The van der Waals surface area contributed by atoms with Gasteiger partial charge in [0.2, 0.25) is 11.6 Å². The van der Waals surface area contributed by atoms with Crippen LogP contribution in [0.3, 0.4) is 0 Å². The molecule has 0 amide bonds. The summed E-state index contributed by atoms with van der Waals surface area (Å²) in [6.45, 7) is 6.24. The highest BCUT2D eigenvalue weighted by Gasteiger charge is 2.64. The molecule has 9 rings (SSSR count). The van der Waals surface area contributed by atoms with Gasteiger partial charge in [0.15, 0.2) is 0 Å².